The van der Waals surface area contributed by atoms with Gasteiger partial charge in [0.05, 0.1) is 29.8 Å². The molecule has 1 aromatic heterocycles. The first-order valence-corrected chi connectivity index (χ1v) is 10.1. The van der Waals surface area contributed by atoms with Gasteiger partial charge in [0.15, 0.2) is 5.16 Å². The maximum absolute atomic E-state index is 12.8. The van der Waals surface area contributed by atoms with Gasteiger partial charge in [-0.05, 0) is 13.0 Å². The predicted octanol–water partition coefficient (Wildman–Crippen LogP) is 3.38. The van der Waals surface area contributed by atoms with Gasteiger partial charge in [-0.1, -0.05) is 60.3 Å². The number of nitrogens with one attached hydrogen (secondary N) is 1. The second-order valence-electron chi connectivity index (χ2n) is 6.68. The molecule has 1 aliphatic rings. The third-order valence-electron chi connectivity index (χ3n) is 4.69. The third kappa shape index (κ3) is 3.84. The summed E-state index contributed by atoms with van der Waals surface area (Å²) in [7, 11) is 0. The molecule has 0 saturated carbocycles. The molecule has 6 nitrogen and oxygen atoms in total. The summed E-state index contributed by atoms with van der Waals surface area (Å²) in [5, 5.41) is 3.41. The van der Waals surface area contributed by atoms with Crippen LogP contribution in [0.5, 0.6) is 5.75 Å². The van der Waals surface area contributed by atoms with Gasteiger partial charge in [0.2, 0.25) is 5.91 Å². The van der Waals surface area contributed by atoms with Gasteiger partial charge in [0.25, 0.3) is 0 Å². The van der Waals surface area contributed by atoms with Crippen LogP contribution in [0.3, 0.4) is 0 Å². The fourth-order valence-electron chi connectivity index (χ4n) is 3.20. The fourth-order valence-corrected chi connectivity index (χ4v) is 4.02. The van der Waals surface area contributed by atoms with Crippen LogP contribution in [0.4, 0.5) is 0 Å². The van der Waals surface area contributed by atoms with Crippen molar-refractivity contribution >= 4 is 17.7 Å². The zero-order chi connectivity index (χ0) is 19.5. The van der Waals surface area contributed by atoms with Crippen LogP contribution in [0.2, 0.25) is 0 Å². The van der Waals surface area contributed by atoms with E-state index >= 15 is 0 Å². The molecule has 2 aromatic carbocycles. The number of fused-ring (bicyclic) bond motifs is 1. The van der Waals surface area contributed by atoms with Crippen molar-refractivity contribution in [3.05, 3.63) is 66.4 Å². The summed E-state index contributed by atoms with van der Waals surface area (Å²) in [6, 6.07) is 17.6. The number of nitrogens with zero attached hydrogens (tertiary/aromatic N) is 2. The largest absolute Gasteiger partial charge is 0.493 e. The molecule has 0 aliphatic carbocycles. The molecule has 1 amide bonds. The van der Waals surface area contributed by atoms with E-state index in [4.69, 9.17) is 10.6 Å². The Kier molecular flexibility index (Phi) is 5.25. The van der Waals surface area contributed by atoms with Crippen molar-refractivity contribution < 1.29 is 9.53 Å². The Morgan fingerprint density at radius 2 is 2.00 bits per heavy atom. The van der Waals surface area contributed by atoms with Crippen molar-refractivity contribution in [2.45, 2.75) is 29.8 Å². The number of thioether (sulfide) groups is 1. The normalized spacial score (nSPS) is 16.7. The Morgan fingerprint density at radius 3 is 2.82 bits per heavy atom. The van der Waals surface area contributed by atoms with Gasteiger partial charge in [-0.2, -0.15) is 0 Å². The molecular weight excluding hydrogens is 372 g/mol. The van der Waals surface area contributed by atoms with E-state index in [1.54, 1.807) is 6.20 Å². The highest BCUT2D eigenvalue weighted by Crippen LogP contribution is 2.32. The second-order valence-corrected chi connectivity index (χ2v) is 7.99. The monoisotopic (exact) mass is 394 g/mol. The zero-order valence-corrected chi connectivity index (χ0v) is 16.4. The molecule has 0 fully saturated rings. The van der Waals surface area contributed by atoms with E-state index in [-0.39, 0.29) is 17.2 Å². The number of para-hydroxylation sites is 1. The lowest BCUT2D eigenvalue weighted by molar-refractivity contribution is -0.121. The van der Waals surface area contributed by atoms with Gasteiger partial charge in [-0.3, -0.25) is 4.79 Å². The van der Waals surface area contributed by atoms with Crippen LogP contribution in [0.25, 0.3) is 11.3 Å². The van der Waals surface area contributed by atoms with Crippen molar-refractivity contribution in [3.63, 3.8) is 0 Å². The van der Waals surface area contributed by atoms with Crippen LogP contribution in [-0.4, -0.2) is 27.4 Å². The van der Waals surface area contributed by atoms with E-state index in [0.717, 1.165) is 29.0 Å². The minimum Gasteiger partial charge on any atom is -0.493 e. The van der Waals surface area contributed by atoms with E-state index in [1.165, 1.54) is 16.4 Å². The Balaban J connectivity index is 1.44. The molecule has 7 heteroatoms. The van der Waals surface area contributed by atoms with E-state index in [0.29, 0.717) is 11.8 Å². The Hall–Kier alpha value is -2.93. The van der Waals surface area contributed by atoms with Crippen LogP contribution in [0.1, 0.15) is 24.9 Å². The van der Waals surface area contributed by atoms with Crippen molar-refractivity contribution in [3.8, 4) is 17.0 Å². The summed E-state index contributed by atoms with van der Waals surface area (Å²) in [5.74, 6) is 6.85. The molecule has 4 rings (SSSR count). The molecule has 1 aliphatic heterocycles. The van der Waals surface area contributed by atoms with E-state index in [1.807, 2.05) is 61.5 Å². The summed E-state index contributed by atoms with van der Waals surface area (Å²) in [6.45, 7) is 2.46. The van der Waals surface area contributed by atoms with Crippen LogP contribution in [0.15, 0.2) is 66.0 Å². The highest BCUT2D eigenvalue weighted by molar-refractivity contribution is 8.00. The van der Waals surface area contributed by atoms with Gasteiger partial charge < -0.3 is 15.9 Å². The van der Waals surface area contributed by atoms with Gasteiger partial charge in [0, 0.05) is 17.5 Å². The molecule has 0 radical (unpaired) electrons. The van der Waals surface area contributed by atoms with Crippen molar-refractivity contribution in [1.29, 1.82) is 0 Å². The van der Waals surface area contributed by atoms with Gasteiger partial charge in [-0.25, -0.2) is 9.66 Å². The minimum atomic E-state index is -0.330. The quantitative estimate of drug-likeness (QED) is 0.512. The smallest absolute Gasteiger partial charge is 0.233 e. The molecule has 144 valence electrons. The number of nitrogens with two attached hydrogens (primary N) is 1. The predicted molar refractivity (Wildman–Crippen MR) is 111 cm³/mol. The van der Waals surface area contributed by atoms with Crippen LogP contribution >= 0.6 is 11.8 Å². The molecule has 2 atom stereocenters. The average Bonchev–Trinajstić information content (AvgIpc) is 3.09. The first kappa shape index (κ1) is 18.4. The number of amides is 1. The highest BCUT2D eigenvalue weighted by atomic mass is 32.2. The standard InChI is InChI=1S/C21H22N4O2S/c1-14(20(26)23-17-11-12-27-19-10-6-5-9-16(17)19)28-21-24-18(13-25(21)22)15-7-3-2-4-8-15/h2-10,13-14,17H,11-12,22H2,1H3,(H,23,26)/t14-,17+/m1/s1. The number of hydrogen-bond donors (Lipinski definition) is 2. The van der Waals surface area contributed by atoms with Crippen LogP contribution in [0, 0.1) is 0 Å². The molecular formula is C21H22N4O2S. The molecule has 0 saturated heterocycles. The SMILES string of the molecule is C[C@@H](Sc1nc(-c2ccccc2)cn1N)C(=O)N[C@H]1CCOc2ccccc21. The summed E-state index contributed by atoms with van der Waals surface area (Å²) < 4.78 is 7.14. The number of carbonyl (C=O) groups excluding carboxylic acids is 1. The van der Waals surface area contributed by atoms with Crippen LogP contribution < -0.4 is 15.9 Å². The number of benzene rings is 2. The number of imidazole rings is 1. The fraction of sp³-hybridized carbons (Fsp3) is 0.238. The number of hydrogen-bond acceptors (Lipinski definition) is 5. The van der Waals surface area contributed by atoms with Gasteiger partial charge in [-0.15, -0.1) is 0 Å². The molecule has 3 N–H and O–H groups in total. The molecule has 0 bridgehead atoms. The maximum Gasteiger partial charge on any atom is 0.233 e. The van der Waals surface area contributed by atoms with Gasteiger partial charge >= 0.3 is 0 Å². The number of carbonyl (C=O) groups is 1. The van der Waals surface area contributed by atoms with Crippen LogP contribution in [-0.2, 0) is 4.79 Å². The van der Waals surface area contributed by atoms with Crippen molar-refractivity contribution in [1.82, 2.24) is 15.0 Å². The molecule has 0 spiro atoms. The third-order valence-corrected chi connectivity index (χ3v) is 5.77. The maximum atomic E-state index is 12.8. The summed E-state index contributed by atoms with van der Waals surface area (Å²) in [5.41, 5.74) is 2.80. The Bertz CT molecular complexity index is 974. The van der Waals surface area contributed by atoms with Crippen molar-refractivity contribution in [2.75, 3.05) is 12.4 Å². The number of ether oxygens (including phenoxy) is 1. The molecule has 0 unspecified atom stereocenters. The number of rotatable bonds is 5. The minimum absolute atomic E-state index is 0.0435. The van der Waals surface area contributed by atoms with E-state index < -0.39 is 0 Å². The number of nitrogen functional groups attached to an aromatic ring is 1. The Morgan fingerprint density at radius 1 is 1.25 bits per heavy atom. The first-order valence-electron chi connectivity index (χ1n) is 9.20. The lowest BCUT2D eigenvalue weighted by Gasteiger charge is -2.27. The highest BCUT2D eigenvalue weighted by Gasteiger charge is 2.26. The van der Waals surface area contributed by atoms with Crippen molar-refractivity contribution in [2.24, 2.45) is 0 Å². The summed E-state index contributed by atoms with van der Waals surface area (Å²) >= 11 is 1.35. The molecule has 3 aromatic rings. The average molecular weight is 395 g/mol. The van der Waals surface area contributed by atoms with E-state index in [2.05, 4.69) is 10.3 Å². The summed E-state index contributed by atoms with van der Waals surface area (Å²) in [4.78, 5) is 17.3. The molecule has 2 heterocycles. The second kappa shape index (κ2) is 7.98. The topological polar surface area (TPSA) is 82.2 Å². The summed E-state index contributed by atoms with van der Waals surface area (Å²) in [6.07, 6.45) is 2.53. The van der Waals surface area contributed by atoms with E-state index in [9.17, 15) is 4.79 Å². The van der Waals surface area contributed by atoms with Gasteiger partial charge in [0.1, 0.15) is 5.75 Å². The lowest BCUT2D eigenvalue weighted by Crippen LogP contribution is -2.36. The number of aromatic nitrogens is 2. The lowest BCUT2D eigenvalue weighted by atomic mass is 10.0. The molecule has 28 heavy (non-hydrogen) atoms. The first-order chi connectivity index (χ1) is 13.6. The zero-order valence-electron chi connectivity index (χ0n) is 15.5. The Labute approximate surface area is 168 Å².